The molecular formula is C21H31N3O3. The first kappa shape index (κ1) is 19.7. The highest BCUT2D eigenvalue weighted by Crippen LogP contribution is 2.42. The number of rotatable bonds is 6. The quantitative estimate of drug-likeness (QED) is 0.824. The van der Waals surface area contributed by atoms with Crippen molar-refractivity contribution in [1.29, 1.82) is 0 Å². The van der Waals surface area contributed by atoms with Gasteiger partial charge in [-0.3, -0.25) is 14.5 Å². The summed E-state index contributed by atoms with van der Waals surface area (Å²) in [7, 11) is 3.66. The Labute approximate surface area is 161 Å². The van der Waals surface area contributed by atoms with E-state index in [4.69, 9.17) is 4.74 Å². The van der Waals surface area contributed by atoms with Crippen LogP contribution in [0, 0.1) is 5.41 Å². The van der Waals surface area contributed by atoms with Gasteiger partial charge in [0.05, 0.1) is 13.2 Å². The van der Waals surface area contributed by atoms with Crippen molar-refractivity contribution >= 4 is 11.8 Å². The molecule has 0 radical (unpaired) electrons. The van der Waals surface area contributed by atoms with Gasteiger partial charge in [0.2, 0.25) is 11.8 Å². The number of nitrogens with one attached hydrogen (secondary N) is 1. The molecule has 2 saturated heterocycles. The topological polar surface area (TPSA) is 61.9 Å². The molecule has 0 aliphatic carbocycles. The number of benzene rings is 1. The molecule has 1 atom stereocenters. The molecule has 0 saturated carbocycles. The Morgan fingerprint density at radius 2 is 1.89 bits per heavy atom. The molecular weight excluding hydrogens is 342 g/mol. The zero-order chi connectivity index (χ0) is 19.6. The molecule has 6 nitrogen and oxygen atoms in total. The monoisotopic (exact) mass is 373 g/mol. The molecule has 6 heteroatoms. The van der Waals surface area contributed by atoms with E-state index in [2.05, 4.69) is 10.2 Å². The molecule has 2 heterocycles. The number of aryl methyl sites for hydroxylation is 1. The number of ether oxygens (including phenoxy) is 1. The molecule has 1 unspecified atom stereocenters. The van der Waals surface area contributed by atoms with Crippen LogP contribution in [0.15, 0.2) is 24.3 Å². The minimum atomic E-state index is -0.0797. The number of methoxy groups -OCH3 is 1. The summed E-state index contributed by atoms with van der Waals surface area (Å²) in [6, 6.07) is 7.94. The number of carbonyl (C=O) groups excluding carboxylic acids is 2. The van der Waals surface area contributed by atoms with Crippen LogP contribution in [0.4, 0.5) is 0 Å². The second-order valence-corrected chi connectivity index (χ2v) is 8.40. The van der Waals surface area contributed by atoms with Crippen molar-refractivity contribution in [2.24, 2.45) is 5.41 Å². The average molecular weight is 373 g/mol. The Morgan fingerprint density at radius 3 is 2.48 bits per heavy atom. The van der Waals surface area contributed by atoms with Gasteiger partial charge in [0, 0.05) is 37.5 Å². The van der Waals surface area contributed by atoms with Crippen LogP contribution in [0.5, 0.6) is 5.75 Å². The molecule has 1 spiro atoms. The Balaban J connectivity index is 1.47. The summed E-state index contributed by atoms with van der Waals surface area (Å²) in [6.07, 6.45) is 2.10. The number of hydrogen-bond donors (Lipinski definition) is 1. The predicted molar refractivity (Wildman–Crippen MR) is 105 cm³/mol. The second kappa shape index (κ2) is 7.89. The summed E-state index contributed by atoms with van der Waals surface area (Å²) < 4.78 is 5.16. The molecule has 2 aliphatic heterocycles. The van der Waals surface area contributed by atoms with Crippen LogP contribution in [-0.4, -0.2) is 67.5 Å². The highest BCUT2D eigenvalue weighted by atomic mass is 16.5. The fourth-order valence-electron chi connectivity index (χ4n) is 4.31. The van der Waals surface area contributed by atoms with Gasteiger partial charge in [-0.2, -0.15) is 0 Å². The van der Waals surface area contributed by atoms with E-state index in [1.54, 1.807) is 7.11 Å². The van der Waals surface area contributed by atoms with E-state index in [-0.39, 0.29) is 29.3 Å². The van der Waals surface area contributed by atoms with E-state index in [9.17, 15) is 9.59 Å². The van der Waals surface area contributed by atoms with Gasteiger partial charge in [0.25, 0.3) is 0 Å². The van der Waals surface area contributed by atoms with Gasteiger partial charge in [0.1, 0.15) is 5.75 Å². The first-order valence-corrected chi connectivity index (χ1v) is 9.73. The van der Waals surface area contributed by atoms with Crippen molar-refractivity contribution in [3.63, 3.8) is 0 Å². The molecule has 27 heavy (non-hydrogen) atoms. The zero-order valence-corrected chi connectivity index (χ0v) is 16.8. The lowest BCUT2D eigenvalue weighted by Gasteiger charge is -2.48. The van der Waals surface area contributed by atoms with E-state index in [1.165, 1.54) is 0 Å². The lowest BCUT2D eigenvalue weighted by Crippen LogP contribution is -2.59. The van der Waals surface area contributed by atoms with E-state index in [1.807, 2.05) is 50.1 Å². The van der Waals surface area contributed by atoms with Gasteiger partial charge in [-0.05, 0) is 51.4 Å². The van der Waals surface area contributed by atoms with Crippen LogP contribution in [-0.2, 0) is 16.0 Å². The molecule has 2 amide bonds. The van der Waals surface area contributed by atoms with Gasteiger partial charge in [-0.1, -0.05) is 12.1 Å². The van der Waals surface area contributed by atoms with Gasteiger partial charge in [-0.15, -0.1) is 0 Å². The highest BCUT2D eigenvalue weighted by Gasteiger charge is 2.53. The van der Waals surface area contributed by atoms with Crippen LogP contribution in [0.3, 0.4) is 0 Å². The largest absolute Gasteiger partial charge is 0.497 e. The van der Waals surface area contributed by atoms with Crippen molar-refractivity contribution in [2.45, 2.75) is 45.2 Å². The summed E-state index contributed by atoms with van der Waals surface area (Å²) in [5.74, 6) is 1.14. The predicted octanol–water partition coefficient (Wildman–Crippen LogP) is 1.69. The minimum Gasteiger partial charge on any atom is -0.497 e. The van der Waals surface area contributed by atoms with Gasteiger partial charge < -0.3 is 15.0 Å². The second-order valence-electron chi connectivity index (χ2n) is 8.40. The van der Waals surface area contributed by atoms with Crippen molar-refractivity contribution in [1.82, 2.24) is 15.1 Å². The number of nitrogens with zero attached hydrogens (tertiary/aromatic N) is 2. The van der Waals surface area contributed by atoms with Crippen LogP contribution >= 0.6 is 0 Å². The number of likely N-dealkylation sites (tertiary alicyclic amines) is 2. The standard InChI is InChI=1S/C21H31N3O3/c1-15(2)22-20(26)18-11-21(12-23(18)3)13-24(14-21)19(25)10-7-16-5-8-17(27-4)9-6-16/h5-6,8-9,15,18H,7,10-14H2,1-4H3,(H,22,26). The van der Waals surface area contributed by atoms with E-state index in [0.29, 0.717) is 6.42 Å². The molecule has 0 bridgehead atoms. The third-order valence-electron chi connectivity index (χ3n) is 5.67. The third-order valence-corrected chi connectivity index (χ3v) is 5.67. The third kappa shape index (κ3) is 4.43. The van der Waals surface area contributed by atoms with Crippen molar-refractivity contribution in [3.05, 3.63) is 29.8 Å². The molecule has 3 rings (SSSR count). The van der Waals surface area contributed by atoms with E-state index in [0.717, 1.165) is 43.8 Å². The van der Waals surface area contributed by atoms with Crippen LogP contribution in [0.1, 0.15) is 32.3 Å². The Kier molecular flexibility index (Phi) is 5.75. The van der Waals surface area contributed by atoms with Gasteiger partial charge in [0.15, 0.2) is 0 Å². The van der Waals surface area contributed by atoms with E-state index < -0.39 is 0 Å². The maximum Gasteiger partial charge on any atom is 0.237 e. The summed E-state index contributed by atoms with van der Waals surface area (Å²) in [5.41, 5.74) is 1.23. The van der Waals surface area contributed by atoms with Gasteiger partial charge >= 0.3 is 0 Å². The molecule has 1 aromatic carbocycles. The normalized spacial score (nSPS) is 21.4. The first-order valence-electron chi connectivity index (χ1n) is 9.73. The number of amides is 2. The fraction of sp³-hybridized carbons (Fsp3) is 0.619. The maximum atomic E-state index is 12.5. The Morgan fingerprint density at radius 1 is 1.22 bits per heavy atom. The summed E-state index contributed by atoms with van der Waals surface area (Å²) >= 11 is 0. The summed E-state index contributed by atoms with van der Waals surface area (Å²) in [4.78, 5) is 29.0. The maximum absolute atomic E-state index is 12.5. The highest BCUT2D eigenvalue weighted by molar-refractivity contribution is 5.83. The number of likely N-dealkylation sites (N-methyl/N-ethyl adjacent to an activating group) is 1. The van der Waals surface area contributed by atoms with Crippen LogP contribution < -0.4 is 10.1 Å². The minimum absolute atomic E-state index is 0.0797. The number of hydrogen-bond acceptors (Lipinski definition) is 4. The smallest absolute Gasteiger partial charge is 0.237 e. The lowest BCUT2D eigenvalue weighted by molar-refractivity contribution is -0.142. The molecule has 2 fully saturated rings. The summed E-state index contributed by atoms with van der Waals surface area (Å²) in [5, 5.41) is 3.01. The first-order chi connectivity index (χ1) is 12.8. The Hall–Kier alpha value is -2.08. The molecule has 0 aromatic heterocycles. The lowest BCUT2D eigenvalue weighted by atomic mass is 9.77. The zero-order valence-electron chi connectivity index (χ0n) is 16.8. The SMILES string of the molecule is COc1ccc(CCC(=O)N2CC3(CC(C(=O)NC(C)C)N(C)C3)C2)cc1. The fourth-order valence-corrected chi connectivity index (χ4v) is 4.31. The molecule has 1 aromatic rings. The summed E-state index contributed by atoms with van der Waals surface area (Å²) in [6.45, 7) is 6.38. The van der Waals surface area contributed by atoms with Crippen molar-refractivity contribution in [3.8, 4) is 5.75 Å². The Bertz CT molecular complexity index is 680. The van der Waals surface area contributed by atoms with Crippen LogP contribution in [0.2, 0.25) is 0 Å². The average Bonchev–Trinajstić information content (AvgIpc) is 2.96. The molecule has 2 aliphatic rings. The van der Waals surface area contributed by atoms with E-state index >= 15 is 0 Å². The van der Waals surface area contributed by atoms with Crippen LogP contribution in [0.25, 0.3) is 0 Å². The molecule has 1 N–H and O–H groups in total. The molecule has 148 valence electrons. The van der Waals surface area contributed by atoms with Crippen molar-refractivity contribution in [2.75, 3.05) is 33.8 Å². The number of carbonyl (C=O) groups is 2. The van der Waals surface area contributed by atoms with Crippen molar-refractivity contribution < 1.29 is 14.3 Å². The van der Waals surface area contributed by atoms with Gasteiger partial charge in [-0.25, -0.2) is 0 Å².